The fourth-order valence-corrected chi connectivity index (χ4v) is 2.83. The minimum atomic E-state index is -0.0890. The highest BCUT2D eigenvalue weighted by molar-refractivity contribution is 8.00. The molecule has 1 amide bonds. The van der Waals surface area contributed by atoms with Gasteiger partial charge in [-0.15, -0.1) is 11.8 Å². The quantitative estimate of drug-likeness (QED) is 0.798. The minimum absolute atomic E-state index is 0.0890. The van der Waals surface area contributed by atoms with Crippen molar-refractivity contribution in [3.8, 4) is 0 Å². The normalized spacial score (nSPS) is 10.3. The molecule has 0 spiro atoms. The van der Waals surface area contributed by atoms with E-state index in [-0.39, 0.29) is 5.91 Å². The lowest BCUT2D eigenvalue weighted by molar-refractivity contribution is -0.113. The van der Waals surface area contributed by atoms with Crippen LogP contribution in [0.15, 0.2) is 47.4 Å². The summed E-state index contributed by atoms with van der Waals surface area (Å²) in [5, 5.41) is 3.77. The third kappa shape index (κ3) is 4.75. The molecule has 5 heteroatoms. The first-order valence-corrected chi connectivity index (χ1v) is 7.72. The van der Waals surface area contributed by atoms with Crippen LogP contribution in [-0.2, 0) is 4.79 Å². The lowest BCUT2D eigenvalue weighted by Gasteiger charge is -2.06. The fraction of sp³-hybridized carbons (Fsp3) is 0.133. The molecule has 104 valence electrons. The van der Waals surface area contributed by atoms with E-state index in [9.17, 15) is 4.79 Å². The number of benzene rings is 2. The lowest BCUT2D eigenvalue weighted by Crippen LogP contribution is -2.13. The van der Waals surface area contributed by atoms with Gasteiger partial charge in [0.1, 0.15) is 0 Å². The largest absolute Gasteiger partial charge is 0.325 e. The van der Waals surface area contributed by atoms with Crippen LogP contribution in [0.5, 0.6) is 0 Å². The molecule has 2 rings (SSSR count). The Kier molecular flexibility index (Phi) is 5.35. The summed E-state index contributed by atoms with van der Waals surface area (Å²) >= 11 is 13.2. The van der Waals surface area contributed by atoms with Gasteiger partial charge >= 0.3 is 0 Å². The predicted octanol–water partition coefficient (Wildman–Crippen LogP) is 5.03. The molecule has 2 nitrogen and oxygen atoms in total. The number of nitrogens with one attached hydrogen (secondary N) is 1. The summed E-state index contributed by atoms with van der Waals surface area (Å²) in [4.78, 5) is 12.9. The van der Waals surface area contributed by atoms with Crippen molar-refractivity contribution in [1.82, 2.24) is 0 Å². The summed E-state index contributed by atoms with van der Waals surface area (Å²) in [5.41, 5.74) is 1.81. The summed E-state index contributed by atoms with van der Waals surface area (Å²) in [6, 6.07) is 13.0. The number of hydrogen-bond donors (Lipinski definition) is 1. The molecule has 20 heavy (non-hydrogen) atoms. The zero-order valence-electron chi connectivity index (χ0n) is 10.8. The Morgan fingerprint density at radius 3 is 2.30 bits per heavy atom. The second-order valence-corrected chi connectivity index (χ2v) is 6.23. The van der Waals surface area contributed by atoms with Gasteiger partial charge in [-0.05, 0) is 37.3 Å². The van der Waals surface area contributed by atoms with Gasteiger partial charge in [0.05, 0.1) is 5.75 Å². The molecule has 0 fully saturated rings. The van der Waals surface area contributed by atoms with Crippen LogP contribution >= 0.6 is 35.0 Å². The number of thioether (sulfide) groups is 1. The Labute approximate surface area is 132 Å². The maximum atomic E-state index is 11.9. The van der Waals surface area contributed by atoms with Crippen molar-refractivity contribution >= 4 is 46.6 Å². The highest BCUT2D eigenvalue weighted by Gasteiger charge is 2.05. The Hall–Kier alpha value is -1.16. The van der Waals surface area contributed by atoms with Crippen molar-refractivity contribution in [2.24, 2.45) is 0 Å². The maximum absolute atomic E-state index is 11.9. The molecule has 2 aromatic carbocycles. The number of anilines is 1. The number of halogens is 2. The van der Waals surface area contributed by atoms with E-state index >= 15 is 0 Å². The summed E-state index contributed by atoms with van der Waals surface area (Å²) in [5.74, 6) is 0.251. The molecule has 0 saturated carbocycles. The predicted molar refractivity (Wildman–Crippen MR) is 87.0 cm³/mol. The number of carbonyl (C=O) groups is 1. The van der Waals surface area contributed by atoms with Crippen LogP contribution in [-0.4, -0.2) is 11.7 Å². The fourth-order valence-electron chi connectivity index (χ4n) is 1.61. The smallest absolute Gasteiger partial charge is 0.234 e. The van der Waals surface area contributed by atoms with E-state index in [1.165, 1.54) is 17.3 Å². The van der Waals surface area contributed by atoms with Crippen LogP contribution in [0.2, 0.25) is 10.0 Å². The van der Waals surface area contributed by atoms with E-state index in [2.05, 4.69) is 5.32 Å². The van der Waals surface area contributed by atoms with Crippen molar-refractivity contribution < 1.29 is 4.79 Å². The first kappa shape index (κ1) is 15.2. The Morgan fingerprint density at radius 1 is 1.10 bits per heavy atom. The zero-order valence-corrected chi connectivity index (χ0v) is 13.1. The van der Waals surface area contributed by atoms with E-state index < -0.39 is 0 Å². The average molecular weight is 326 g/mol. The number of rotatable bonds is 4. The summed E-state index contributed by atoms with van der Waals surface area (Å²) in [6.07, 6.45) is 0. The number of carbonyl (C=O) groups excluding carboxylic acids is 1. The topological polar surface area (TPSA) is 29.1 Å². The lowest BCUT2D eigenvalue weighted by atomic mass is 10.2. The molecule has 0 atom stereocenters. The molecule has 0 aliphatic heterocycles. The van der Waals surface area contributed by atoms with E-state index in [4.69, 9.17) is 23.2 Å². The first-order valence-electron chi connectivity index (χ1n) is 5.98. The molecule has 0 aliphatic carbocycles. The first-order chi connectivity index (χ1) is 9.52. The van der Waals surface area contributed by atoms with Gasteiger partial charge in [-0.2, -0.15) is 0 Å². The van der Waals surface area contributed by atoms with Crippen LogP contribution in [0.25, 0.3) is 0 Å². The zero-order chi connectivity index (χ0) is 14.5. The molecular formula is C15H13Cl2NOS. The van der Waals surface area contributed by atoms with Gasteiger partial charge < -0.3 is 5.32 Å². The van der Waals surface area contributed by atoms with Crippen molar-refractivity contribution in [3.05, 3.63) is 58.1 Å². The second-order valence-electron chi connectivity index (χ2n) is 4.31. The van der Waals surface area contributed by atoms with Crippen molar-refractivity contribution in [3.63, 3.8) is 0 Å². The Bertz CT molecular complexity index is 594. The SMILES string of the molecule is Cc1ccc(SCC(=O)Nc2cc(Cl)cc(Cl)c2)cc1. The minimum Gasteiger partial charge on any atom is -0.325 e. The Morgan fingerprint density at radius 2 is 1.70 bits per heavy atom. The van der Waals surface area contributed by atoms with E-state index in [1.54, 1.807) is 18.2 Å². The molecule has 0 heterocycles. The highest BCUT2D eigenvalue weighted by atomic mass is 35.5. The van der Waals surface area contributed by atoms with Crippen LogP contribution in [0.3, 0.4) is 0 Å². The Balaban J connectivity index is 1.90. The average Bonchev–Trinajstić information content (AvgIpc) is 2.37. The van der Waals surface area contributed by atoms with E-state index in [0.717, 1.165) is 4.90 Å². The third-order valence-electron chi connectivity index (χ3n) is 2.54. The number of hydrogen-bond acceptors (Lipinski definition) is 2. The summed E-state index contributed by atoms with van der Waals surface area (Å²) < 4.78 is 0. The molecule has 0 saturated heterocycles. The second kappa shape index (κ2) is 7.02. The van der Waals surface area contributed by atoms with Gasteiger partial charge in [0.2, 0.25) is 5.91 Å². The van der Waals surface area contributed by atoms with Crippen LogP contribution in [0.1, 0.15) is 5.56 Å². The van der Waals surface area contributed by atoms with Gasteiger partial charge in [0.15, 0.2) is 0 Å². The summed E-state index contributed by atoms with van der Waals surface area (Å²) in [7, 11) is 0. The molecule has 0 bridgehead atoms. The van der Waals surface area contributed by atoms with Crippen LogP contribution in [0.4, 0.5) is 5.69 Å². The molecular weight excluding hydrogens is 313 g/mol. The highest BCUT2D eigenvalue weighted by Crippen LogP contribution is 2.23. The van der Waals surface area contributed by atoms with Gasteiger partial charge in [0.25, 0.3) is 0 Å². The molecule has 2 aromatic rings. The van der Waals surface area contributed by atoms with E-state index in [0.29, 0.717) is 21.5 Å². The number of aryl methyl sites for hydroxylation is 1. The monoisotopic (exact) mass is 325 g/mol. The van der Waals surface area contributed by atoms with Crippen molar-refractivity contribution in [1.29, 1.82) is 0 Å². The van der Waals surface area contributed by atoms with Crippen LogP contribution < -0.4 is 5.32 Å². The molecule has 0 unspecified atom stereocenters. The van der Waals surface area contributed by atoms with Gasteiger partial charge in [-0.25, -0.2) is 0 Å². The van der Waals surface area contributed by atoms with Gasteiger partial charge in [-0.3, -0.25) is 4.79 Å². The van der Waals surface area contributed by atoms with E-state index in [1.807, 2.05) is 31.2 Å². The van der Waals surface area contributed by atoms with Crippen molar-refractivity contribution in [2.45, 2.75) is 11.8 Å². The molecule has 0 radical (unpaired) electrons. The summed E-state index contributed by atoms with van der Waals surface area (Å²) in [6.45, 7) is 2.03. The molecule has 1 N–H and O–H groups in total. The van der Waals surface area contributed by atoms with Crippen LogP contribution in [0, 0.1) is 6.92 Å². The molecule has 0 aliphatic rings. The standard InChI is InChI=1S/C15H13Cl2NOS/c1-10-2-4-14(5-3-10)20-9-15(19)18-13-7-11(16)6-12(17)8-13/h2-8H,9H2,1H3,(H,18,19). The molecule has 0 aromatic heterocycles. The van der Waals surface area contributed by atoms with Gasteiger partial charge in [-0.1, -0.05) is 40.9 Å². The number of amides is 1. The third-order valence-corrected chi connectivity index (χ3v) is 3.99. The maximum Gasteiger partial charge on any atom is 0.234 e. The van der Waals surface area contributed by atoms with Crippen molar-refractivity contribution in [2.75, 3.05) is 11.1 Å². The van der Waals surface area contributed by atoms with Gasteiger partial charge in [0, 0.05) is 20.6 Å².